The highest BCUT2D eigenvalue weighted by Gasteiger charge is 2.24. The van der Waals surface area contributed by atoms with Crippen LogP contribution in [0.4, 0.5) is 0 Å². The fourth-order valence-electron chi connectivity index (χ4n) is 1.70. The van der Waals surface area contributed by atoms with Gasteiger partial charge in [-0.15, -0.1) is 0 Å². The molecule has 1 aliphatic rings. The topological polar surface area (TPSA) is 46.6 Å². The van der Waals surface area contributed by atoms with E-state index in [2.05, 4.69) is 15.9 Å². The molecule has 0 radical (unpaired) electrons. The highest BCUT2D eigenvalue weighted by molar-refractivity contribution is 9.10. The van der Waals surface area contributed by atoms with Crippen molar-refractivity contribution in [3.05, 3.63) is 27.7 Å². The molecule has 1 saturated carbocycles. The van der Waals surface area contributed by atoms with Crippen LogP contribution in [0.2, 0.25) is 5.02 Å². The number of benzene rings is 1. The minimum absolute atomic E-state index is 0.118. The average Bonchev–Trinajstić information content (AvgIpc) is 3.17. The summed E-state index contributed by atoms with van der Waals surface area (Å²) in [6, 6.07) is 4.74. The van der Waals surface area contributed by atoms with Crippen LogP contribution in [0.25, 0.3) is 0 Å². The largest absolute Gasteiger partial charge is 0.380 e. The van der Waals surface area contributed by atoms with Crippen molar-refractivity contribution in [3.63, 3.8) is 0 Å². The second kappa shape index (κ2) is 6.75. The van der Waals surface area contributed by atoms with Gasteiger partial charge < -0.3 is 4.74 Å². The molecule has 0 aromatic heterocycles. The average molecular weight is 383 g/mol. The quantitative estimate of drug-likeness (QED) is 0.681. The fourth-order valence-corrected chi connectivity index (χ4v) is 3.86. The zero-order valence-corrected chi connectivity index (χ0v) is 14.3. The predicted molar refractivity (Wildman–Crippen MR) is 82.5 cm³/mol. The number of ether oxygens (including phenoxy) is 1. The molecule has 1 aliphatic carbocycles. The molecule has 0 saturated heterocycles. The summed E-state index contributed by atoms with van der Waals surface area (Å²) in [6.07, 6.45) is 2.45. The Morgan fingerprint density at radius 1 is 1.45 bits per heavy atom. The third-order valence-electron chi connectivity index (χ3n) is 3.18. The van der Waals surface area contributed by atoms with Crippen molar-refractivity contribution in [2.45, 2.75) is 17.7 Å². The zero-order chi connectivity index (χ0) is 14.8. The van der Waals surface area contributed by atoms with Gasteiger partial charge in [-0.25, -0.2) is 8.42 Å². The molecule has 0 amide bonds. The third kappa shape index (κ3) is 4.18. The summed E-state index contributed by atoms with van der Waals surface area (Å²) in [5.41, 5.74) is 0. The number of rotatable bonds is 7. The van der Waals surface area contributed by atoms with Crippen LogP contribution in [0.1, 0.15) is 12.8 Å². The Morgan fingerprint density at radius 2 is 2.15 bits per heavy atom. The molecule has 0 unspecified atom stereocenters. The van der Waals surface area contributed by atoms with Crippen molar-refractivity contribution in [2.24, 2.45) is 5.92 Å². The van der Waals surface area contributed by atoms with Crippen molar-refractivity contribution in [2.75, 3.05) is 26.8 Å². The molecule has 0 aliphatic heterocycles. The molecule has 2 rings (SSSR count). The van der Waals surface area contributed by atoms with Gasteiger partial charge in [0.1, 0.15) is 4.90 Å². The summed E-state index contributed by atoms with van der Waals surface area (Å²) >= 11 is 9.26. The van der Waals surface area contributed by atoms with Crippen molar-refractivity contribution < 1.29 is 13.2 Å². The van der Waals surface area contributed by atoms with E-state index >= 15 is 0 Å². The van der Waals surface area contributed by atoms with E-state index in [-0.39, 0.29) is 9.92 Å². The standard InChI is InChI=1S/C13H17BrClNO3S/c1-16(6-7-19-9-10-2-3-10)20(17,18)13-5-4-11(14)8-12(13)15/h4-5,8,10H,2-3,6-7,9H2,1H3. The van der Waals surface area contributed by atoms with Gasteiger partial charge in [0.25, 0.3) is 0 Å². The normalized spacial score (nSPS) is 15.8. The maximum Gasteiger partial charge on any atom is 0.244 e. The lowest BCUT2D eigenvalue weighted by Crippen LogP contribution is -2.30. The Kier molecular flexibility index (Phi) is 5.48. The van der Waals surface area contributed by atoms with E-state index in [0.29, 0.717) is 19.1 Å². The molecule has 1 aromatic carbocycles. The Balaban J connectivity index is 1.96. The maximum atomic E-state index is 12.4. The zero-order valence-electron chi connectivity index (χ0n) is 11.2. The first kappa shape index (κ1) is 16.2. The van der Waals surface area contributed by atoms with E-state index in [1.54, 1.807) is 12.1 Å². The lowest BCUT2D eigenvalue weighted by atomic mass is 10.4. The first-order chi connectivity index (χ1) is 9.41. The number of sulfonamides is 1. The van der Waals surface area contributed by atoms with E-state index in [4.69, 9.17) is 16.3 Å². The van der Waals surface area contributed by atoms with Gasteiger partial charge in [0.2, 0.25) is 10.0 Å². The van der Waals surface area contributed by atoms with Gasteiger partial charge in [-0.2, -0.15) is 4.31 Å². The minimum Gasteiger partial charge on any atom is -0.380 e. The van der Waals surface area contributed by atoms with Gasteiger partial charge in [-0.3, -0.25) is 0 Å². The molecular weight excluding hydrogens is 366 g/mol. The Labute approximate surface area is 133 Å². The molecular formula is C13H17BrClNO3S. The van der Waals surface area contributed by atoms with Crippen LogP contribution in [0.5, 0.6) is 0 Å². The van der Waals surface area contributed by atoms with E-state index in [9.17, 15) is 8.42 Å². The Hall–Kier alpha value is -0.140. The first-order valence-electron chi connectivity index (χ1n) is 6.40. The third-order valence-corrected chi connectivity index (χ3v) is 6.02. The fraction of sp³-hybridized carbons (Fsp3) is 0.538. The van der Waals surface area contributed by atoms with Crippen LogP contribution in [0.3, 0.4) is 0 Å². The van der Waals surface area contributed by atoms with Crippen molar-refractivity contribution in [1.29, 1.82) is 0 Å². The second-order valence-electron chi connectivity index (χ2n) is 4.92. The smallest absolute Gasteiger partial charge is 0.244 e. The van der Waals surface area contributed by atoms with Crippen molar-refractivity contribution >= 4 is 37.6 Å². The Morgan fingerprint density at radius 3 is 2.75 bits per heavy atom. The van der Waals surface area contributed by atoms with Crippen molar-refractivity contribution in [3.8, 4) is 0 Å². The molecule has 4 nitrogen and oxygen atoms in total. The number of hydrogen-bond donors (Lipinski definition) is 0. The molecule has 20 heavy (non-hydrogen) atoms. The summed E-state index contributed by atoms with van der Waals surface area (Å²) in [4.78, 5) is 0.118. The highest BCUT2D eigenvalue weighted by atomic mass is 79.9. The lowest BCUT2D eigenvalue weighted by molar-refractivity contribution is 0.117. The van der Waals surface area contributed by atoms with E-state index in [0.717, 1.165) is 11.1 Å². The number of likely N-dealkylation sites (N-methyl/N-ethyl adjacent to an activating group) is 1. The minimum atomic E-state index is -3.57. The van der Waals surface area contributed by atoms with Crippen LogP contribution in [-0.4, -0.2) is 39.5 Å². The number of halogens is 2. The van der Waals surface area contributed by atoms with Crippen LogP contribution in [-0.2, 0) is 14.8 Å². The van der Waals surface area contributed by atoms with E-state index in [1.807, 2.05) is 0 Å². The van der Waals surface area contributed by atoms with Crippen LogP contribution in [0, 0.1) is 5.92 Å². The van der Waals surface area contributed by atoms with Crippen LogP contribution in [0.15, 0.2) is 27.6 Å². The van der Waals surface area contributed by atoms with Gasteiger partial charge in [-0.05, 0) is 37.0 Å². The van der Waals surface area contributed by atoms with Crippen molar-refractivity contribution in [1.82, 2.24) is 4.31 Å². The summed E-state index contributed by atoms with van der Waals surface area (Å²) in [5.74, 6) is 0.679. The summed E-state index contributed by atoms with van der Waals surface area (Å²) in [5, 5.41) is 0.213. The van der Waals surface area contributed by atoms with Gasteiger partial charge >= 0.3 is 0 Å². The highest BCUT2D eigenvalue weighted by Crippen LogP contribution is 2.29. The van der Waals surface area contributed by atoms with Gasteiger partial charge in [0, 0.05) is 24.7 Å². The maximum absolute atomic E-state index is 12.4. The van der Waals surface area contributed by atoms with E-state index in [1.165, 1.54) is 30.3 Å². The second-order valence-corrected chi connectivity index (χ2v) is 8.26. The number of hydrogen-bond acceptors (Lipinski definition) is 3. The SMILES string of the molecule is CN(CCOCC1CC1)S(=O)(=O)c1ccc(Br)cc1Cl. The van der Waals surface area contributed by atoms with Crippen LogP contribution < -0.4 is 0 Å². The molecule has 0 atom stereocenters. The molecule has 0 N–H and O–H groups in total. The Bertz CT molecular complexity index is 575. The van der Waals surface area contributed by atoms with Crippen LogP contribution >= 0.6 is 27.5 Å². The molecule has 7 heteroatoms. The lowest BCUT2D eigenvalue weighted by Gasteiger charge is -2.18. The molecule has 1 aromatic rings. The predicted octanol–water partition coefficient (Wildman–Crippen LogP) is 3.15. The first-order valence-corrected chi connectivity index (χ1v) is 9.01. The van der Waals surface area contributed by atoms with Gasteiger partial charge in [-0.1, -0.05) is 27.5 Å². The summed E-state index contributed by atoms with van der Waals surface area (Å²) in [7, 11) is -2.04. The van der Waals surface area contributed by atoms with E-state index < -0.39 is 10.0 Å². The molecule has 1 fully saturated rings. The van der Waals surface area contributed by atoms with Gasteiger partial charge in [0.15, 0.2) is 0 Å². The molecule has 0 bridgehead atoms. The summed E-state index contributed by atoms with van der Waals surface area (Å²) < 4.78 is 32.2. The summed E-state index contributed by atoms with van der Waals surface area (Å²) in [6.45, 7) is 1.45. The monoisotopic (exact) mass is 381 g/mol. The van der Waals surface area contributed by atoms with Gasteiger partial charge in [0.05, 0.1) is 11.6 Å². The molecule has 112 valence electrons. The number of nitrogens with zero attached hydrogens (tertiary/aromatic N) is 1. The molecule has 0 heterocycles. The molecule has 0 spiro atoms.